The van der Waals surface area contributed by atoms with Crippen LogP contribution in [0, 0.1) is 0 Å². The molecule has 0 unspecified atom stereocenters. The highest BCUT2D eigenvalue weighted by Gasteiger charge is 2.14. The Balaban J connectivity index is 1.39. The highest BCUT2D eigenvalue weighted by atomic mass is 35.5. The summed E-state index contributed by atoms with van der Waals surface area (Å²) in [5.74, 6) is 1.03. The van der Waals surface area contributed by atoms with Gasteiger partial charge in [-0.1, -0.05) is 71.7 Å². The number of hydrogen-bond acceptors (Lipinski definition) is 2. The highest BCUT2D eigenvalue weighted by Crippen LogP contribution is 2.27. The summed E-state index contributed by atoms with van der Waals surface area (Å²) in [5.41, 5.74) is 4.05. The molecule has 1 aromatic heterocycles. The Morgan fingerprint density at radius 2 is 1.59 bits per heavy atom. The minimum absolute atomic E-state index is 0.0743. The van der Waals surface area contributed by atoms with Crippen molar-refractivity contribution in [2.45, 2.75) is 32.2 Å². The predicted octanol–water partition coefficient (Wildman–Crippen LogP) is 6.07. The number of halogens is 2. The molecule has 0 aliphatic rings. The number of amides is 1. The lowest BCUT2D eigenvalue weighted by molar-refractivity contribution is -0.121. The number of carbonyl (C=O) groups is 1. The van der Waals surface area contributed by atoms with Gasteiger partial charge < -0.3 is 9.88 Å². The van der Waals surface area contributed by atoms with Crippen molar-refractivity contribution in [3.63, 3.8) is 0 Å². The second kappa shape index (κ2) is 10.7. The SMILES string of the molecule is O=C(CCc1ccccc1)NCCCc1nc2ccccc2n1Cc1c(Cl)cccc1Cl. The van der Waals surface area contributed by atoms with Gasteiger partial charge in [0.15, 0.2) is 0 Å². The fraction of sp³-hybridized carbons (Fsp3) is 0.231. The molecule has 1 N–H and O–H groups in total. The Hall–Kier alpha value is -2.82. The first-order valence-corrected chi connectivity index (χ1v) is 11.5. The van der Waals surface area contributed by atoms with Crippen LogP contribution in [0.2, 0.25) is 10.0 Å². The fourth-order valence-corrected chi connectivity index (χ4v) is 4.32. The maximum absolute atomic E-state index is 12.2. The number of aryl methyl sites for hydroxylation is 2. The summed E-state index contributed by atoms with van der Waals surface area (Å²) in [6.45, 7) is 1.17. The number of carbonyl (C=O) groups excluding carboxylic acids is 1. The van der Waals surface area contributed by atoms with Crippen LogP contribution < -0.4 is 5.32 Å². The lowest BCUT2D eigenvalue weighted by Crippen LogP contribution is -2.25. The monoisotopic (exact) mass is 465 g/mol. The van der Waals surface area contributed by atoms with Crippen LogP contribution in [0.3, 0.4) is 0 Å². The molecule has 0 bridgehead atoms. The Morgan fingerprint density at radius 3 is 2.38 bits per heavy atom. The average Bonchev–Trinajstić information content (AvgIpc) is 3.16. The van der Waals surface area contributed by atoms with Crippen LogP contribution >= 0.6 is 23.2 Å². The van der Waals surface area contributed by atoms with Crippen LogP contribution in [0.1, 0.15) is 29.8 Å². The second-order valence-corrected chi connectivity index (χ2v) is 8.56. The number of fused-ring (bicyclic) bond motifs is 1. The molecule has 3 aromatic carbocycles. The molecule has 164 valence electrons. The lowest BCUT2D eigenvalue weighted by atomic mass is 10.1. The molecule has 0 saturated carbocycles. The van der Waals surface area contributed by atoms with E-state index in [1.807, 2.05) is 66.7 Å². The van der Waals surface area contributed by atoms with Crippen LogP contribution in [-0.2, 0) is 24.2 Å². The van der Waals surface area contributed by atoms with Crippen molar-refractivity contribution in [2.75, 3.05) is 6.54 Å². The number of rotatable bonds is 9. The van der Waals surface area contributed by atoms with Crippen molar-refractivity contribution >= 4 is 40.1 Å². The maximum Gasteiger partial charge on any atom is 0.220 e. The topological polar surface area (TPSA) is 46.9 Å². The maximum atomic E-state index is 12.2. The summed E-state index contributed by atoms with van der Waals surface area (Å²) < 4.78 is 2.17. The first kappa shape index (κ1) is 22.4. The number of nitrogens with one attached hydrogen (secondary N) is 1. The van der Waals surface area contributed by atoms with E-state index in [2.05, 4.69) is 16.0 Å². The summed E-state index contributed by atoms with van der Waals surface area (Å²) in [7, 11) is 0. The zero-order chi connectivity index (χ0) is 22.3. The molecule has 0 fully saturated rings. The van der Waals surface area contributed by atoms with E-state index in [4.69, 9.17) is 28.2 Å². The molecule has 0 aliphatic carbocycles. The van der Waals surface area contributed by atoms with Crippen LogP contribution in [0.15, 0.2) is 72.8 Å². The number of para-hydroxylation sites is 2. The third-order valence-electron chi connectivity index (χ3n) is 5.49. The molecule has 1 amide bonds. The second-order valence-electron chi connectivity index (χ2n) is 7.74. The van der Waals surface area contributed by atoms with Gasteiger partial charge in [-0.2, -0.15) is 0 Å². The molecule has 0 aliphatic heterocycles. The molecule has 0 radical (unpaired) electrons. The summed E-state index contributed by atoms with van der Waals surface area (Å²) in [6.07, 6.45) is 2.79. The largest absolute Gasteiger partial charge is 0.356 e. The van der Waals surface area contributed by atoms with Gasteiger partial charge in [0.1, 0.15) is 5.82 Å². The summed E-state index contributed by atoms with van der Waals surface area (Å²) >= 11 is 12.8. The minimum Gasteiger partial charge on any atom is -0.356 e. The number of imidazole rings is 1. The van der Waals surface area contributed by atoms with Gasteiger partial charge in [-0.3, -0.25) is 4.79 Å². The van der Waals surface area contributed by atoms with E-state index in [9.17, 15) is 4.79 Å². The number of aromatic nitrogens is 2. The quantitative estimate of drug-likeness (QED) is 0.304. The van der Waals surface area contributed by atoms with E-state index in [-0.39, 0.29) is 5.91 Å². The van der Waals surface area contributed by atoms with Gasteiger partial charge in [0.25, 0.3) is 0 Å². The van der Waals surface area contributed by atoms with Crippen molar-refractivity contribution in [3.8, 4) is 0 Å². The molecule has 4 rings (SSSR count). The molecule has 4 aromatic rings. The Morgan fingerprint density at radius 1 is 0.875 bits per heavy atom. The van der Waals surface area contributed by atoms with Crippen molar-refractivity contribution < 1.29 is 4.79 Å². The molecule has 1 heterocycles. The average molecular weight is 466 g/mol. The zero-order valence-electron chi connectivity index (χ0n) is 17.7. The fourth-order valence-electron chi connectivity index (χ4n) is 3.80. The van der Waals surface area contributed by atoms with E-state index >= 15 is 0 Å². The van der Waals surface area contributed by atoms with E-state index < -0.39 is 0 Å². The number of hydrogen-bond donors (Lipinski definition) is 1. The van der Waals surface area contributed by atoms with E-state index in [0.29, 0.717) is 29.6 Å². The lowest BCUT2D eigenvalue weighted by Gasteiger charge is -2.12. The van der Waals surface area contributed by atoms with Gasteiger partial charge >= 0.3 is 0 Å². The minimum atomic E-state index is 0.0743. The molecule has 0 saturated heterocycles. The van der Waals surface area contributed by atoms with Gasteiger partial charge in [-0.15, -0.1) is 0 Å². The zero-order valence-corrected chi connectivity index (χ0v) is 19.2. The normalized spacial score (nSPS) is 11.1. The Bertz CT molecular complexity index is 1180. The van der Waals surface area contributed by atoms with E-state index in [1.54, 1.807) is 0 Å². The first-order chi connectivity index (χ1) is 15.6. The third kappa shape index (κ3) is 5.50. The van der Waals surface area contributed by atoms with Gasteiger partial charge in [-0.05, 0) is 42.7 Å². The standard InChI is InChI=1S/C26H25Cl2N3O/c27-21-10-6-11-22(28)20(21)18-31-24-13-5-4-12-23(24)30-25(31)14-7-17-29-26(32)16-15-19-8-2-1-3-9-19/h1-6,8-13H,7,14-18H2,(H,29,32). The van der Waals surface area contributed by atoms with Gasteiger partial charge in [-0.25, -0.2) is 4.98 Å². The summed E-state index contributed by atoms with van der Waals surface area (Å²) in [6, 6.07) is 23.7. The summed E-state index contributed by atoms with van der Waals surface area (Å²) in [4.78, 5) is 17.0. The highest BCUT2D eigenvalue weighted by molar-refractivity contribution is 6.36. The van der Waals surface area contributed by atoms with Crippen LogP contribution in [-0.4, -0.2) is 22.0 Å². The molecule has 0 atom stereocenters. The smallest absolute Gasteiger partial charge is 0.220 e. The van der Waals surface area contributed by atoms with E-state index in [0.717, 1.165) is 41.7 Å². The third-order valence-corrected chi connectivity index (χ3v) is 6.20. The molecule has 4 nitrogen and oxygen atoms in total. The van der Waals surface area contributed by atoms with Gasteiger partial charge in [0.2, 0.25) is 5.91 Å². The molecule has 0 spiro atoms. The van der Waals surface area contributed by atoms with Crippen LogP contribution in [0.25, 0.3) is 11.0 Å². The summed E-state index contributed by atoms with van der Waals surface area (Å²) in [5, 5.41) is 4.32. The van der Waals surface area contributed by atoms with Gasteiger partial charge in [0.05, 0.1) is 17.6 Å². The first-order valence-electron chi connectivity index (χ1n) is 10.8. The van der Waals surface area contributed by atoms with Crippen molar-refractivity contribution in [1.82, 2.24) is 14.9 Å². The number of benzene rings is 3. The molecular formula is C26H25Cl2N3O. The van der Waals surface area contributed by atoms with Crippen molar-refractivity contribution in [2.24, 2.45) is 0 Å². The predicted molar refractivity (Wildman–Crippen MR) is 131 cm³/mol. The Kier molecular flexibility index (Phi) is 7.46. The molecular weight excluding hydrogens is 441 g/mol. The molecule has 6 heteroatoms. The van der Waals surface area contributed by atoms with Gasteiger partial charge in [0, 0.05) is 35.0 Å². The van der Waals surface area contributed by atoms with Crippen LogP contribution in [0.5, 0.6) is 0 Å². The van der Waals surface area contributed by atoms with Crippen molar-refractivity contribution in [1.29, 1.82) is 0 Å². The Labute approximate surface area is 198 Å². The van der Waals surface area contributed by atoms with E-state index in [1.165, 1.54) is 5.56 Å². The van der Waals surface area contributed by atoms with Crippen molar-refractivity contribution in [3.05, 3.63) is 99.8 Å². The molecule has 32 heavy (non-hydrogen) atoms. The van der Waals surface area contributed by atoms with Crippen LogP contribution in [0.4, 0.5) is 0 Å². The number of nitrogens with zero attached hydrogens (tertiary/aromatic N) is 2.